The summed E-state index contributed by atoms with van der Waals surface area (Å²) in [4.78, 5) is 30.7. The van der Waals surface area contributed by atoms with Crippen molar-refractivity contribution in [3.63, 3.8) is 0 Å². The van der Waals surface area contributed by atoms with E-state index in [0.29, 0.717) is 58.1 Å². The summed E-state index contributed by atoms with van der Waals surface area (Å²) in [5, 5.41) is 8.37. The van der Waals surface area contributed by atoms with Gasteiger partial charge in [-0.2, -0.15) is 0 Å². The maximum absolute atomic E-state index is 13.6. The second-order valence-electron chi connectivity index (χ2n) is 9.73. The quantitative estimate of drug-likeness (QED) is 0.419. The van der Waals surface area contributed by atoms with Crippen molar-refractivity contribution in [3.8, 4) is 0 Å². The van der Waals surface area contributed by atoms with Crippen molar-refractivity contribution in [2.24, 2.45) is 0 Å². The summed E-state index contributed by atoms with van der Waals surface area (Å²) in [7, 11) is 0. The highest BCUT2D eigenvalue weighted by Gasteiger charge is 2.31. The van der Waals surface area contributed by atoms with Gasteiger partial charge in [0, 0.05) is 47.8 Å². The third kappa shape index (κ3) is 7.98. The summed E-state index contributed by atoms with van der Waals surface area (Å²) >= 11 is 24.5. The van der Waals surface area contributed by atoms with Crippen LogP contribution in [0.5, 0.6) is 0 Å². The molecule has 4 rings (SSSR count). The van der Waals surface area contributed by atoms with Crippen LogP contribution in [-0.4, -0.2) is 66.4 Å². The summed E-state index contributed by atoms with van der Waals surface area (Å²) in [5.41, 5.74) is 1.31. The molecule has 0 aromatic heterocycles. The van der Waals surface area contributed by atoms with Gasteiger partial charge >= 0.3 is 0 Å². The van der Waals surface area contributed by atoms with Crippen LogP contribution < -0.4 is 10.6 Å². The number of likely N-dealkylation sites (tertiary alicyclic amines) is 1. The summed E-state index contributed by atoms with van der Waals surface area (Å²) in [6, 6.07) is 9.77. The monoisotopic (exact) mass is 584 g/mol. The van der Waals surface area contributed by atoms with Gasteiger partial charge in [-0.25, -0.2) is 0 Å². The van der Waals surface area contributed by atoms with E-state index in [0.717, 1.165) is 25.2 Å². The van der Waals surface area contributed by atoms with Gasteiger partial charge in [0.05, 0.1) is 16.1 Å². The van der Waals surface area contributed by atoms with E-state index in [4.69, 9.17) is 46.4 Å². The van der Waals surface area contributed by atoms with Crippen LogP contribution in [0, 0.1) is 0 Å². The van der Waals surface area contributed by atoms with Crippen molar-refractivity contribution in [2.45, 2.75) is 50.7 Å². The maximum atomic E-state index is 13.6. The molecule has 2 atom stereocenters. The van der Waals surface area contributed by atoms with Gasteiger partial charge in [0.15, 0.2) is 0 Å². The second-order valence-corrected chi connectivity index (χ2v) is 11.4. The molecule has 2 fully saturated rings. The normalized spacial score (nSPS) is 21.1. The molecule has 2 aliphatic heterocycles. The number of nitrogens with zero attached hydrogens (tertiary/aromatic N) is 2. The Labute approximate surface area is 238 Å². The lowest BCUT2D eigenvalue weighted by molar-refractivity contribution is -0.133. The molecule has 0 bridgehead atoms. The molecule has 2 saturated heterocycles. The van der Waals surface area contributed by atoms with Gasteiger partial charge in [0.2, 0.25) is 5.91 Å². The molecule has 0 aliphatic carbocycles. The van der Waals surface area contributed by atoms with Gasteiger partial charge in [0.1, 0.15) is 0 Å². The molecule has 2 amide bonds. The highest BCUT2D eigenvalue weighted by molar-refractivity contribution is 6.42. The number of rotatable bonds is 8. The lowest BCUT2D eigenvalue weighted by atomic mass is 10.1. The zero-order chi connectivity index (χ0) is 26.4. The Hall–Kier alpha value is -1.54. The molecule has 0 unspecified atom stereocenters. The molecule has 0 saturated carbocycles. The molecular weight excluding hydrogens is 554 g/mol. The van der Waals surface area contributed by atoms with Crippen LogP contribution >= 0.6 is 46.4 Å². The van der Waals surface area contributed by atoms with E-state index in [9.17, 15) is 9.59 Å². The fourth-order valence-corrected chi connectivity index (χ4v) is 5.68. The minimum atomic E-state index is -0.345. The van der Waals surface area contributed by atoms with E-state index in [2.05, 4.69) is 15.5 Å². The maximum Gasteiger partial charge on any atom is 0.251 e. The van der Waals surface area contributed by atoms with Gasteiger partial charge in [-0.3, -0.25) is 9.59 Å². The number of carbonyl (C=O) groups excluding carboxylic acids is 2. The van der Waals surface area contributed by atoms with Crippen LogP contribution in [0.2, 0.25) is 20.1 Å². The summed E-state index contributed by atoms with van der Waals surface area (Å²) in [5.74, 6) is -0.174. The minimum absolute atomic E-state index is 0.0568. The predicted octanol–water partition coefficient (Wildman–Crippen LogP) is 5.67. The van der Waals surface area contributed by atoms with Crippen molar-refractivity contribution in [1.82, 2.24) is 20.4 Å². The number of piperidine rings is 1. The number of nitrogens with one attached hydrogen (secondary N) is 2. The predicted molar refractivity (Wildman–Crippen MR) is 151 cm³/mol. The first-order valence-electron chi connectivity index (χ1n) is 12.7. The number of halogens is 4. The average molecular weight is 586 g/mol. The third-order valence-electron chi connectivity index (χ3n) is 7.04. The number of hydrogen-bond donors (Lipinski definition) is 2. The van der Waals surface area contributed by atoms with Gasteiger partial charge in [-0.05, 0) is 74.7 Å². The standard InChI is InChI=1S/C27H32Cl4N4O2/c28-20-6-4-19(23(30)15-20)17-35-13-8-21(16-32-26(36)18-5-7-22(29)24(31)14-18)33-25(27(35)37)9-12-34-10-2-1-3-11-34/h4-7,14-15,21,25,33H,1-3,8-13,16-17H2,(H,32,36)/t21-,25-/m0/s1. The van der Waals surface area contributed by atoms with E-state index < -0.39 is 0 Å². The Balaban J connectivity index is 1.43. The van der Waals surface area contributed by atoms with Crippen LogP contribution in [-0.2, 0) is 11.3 Å². The minimum Gasteiger partial charge on any atom is -0.350 e. The summed E-state index contributed by atoms with van der Waals surface area (Å²) in [6.07, 6.45) is 5.08. The molecule has 2 aromatic carbocycles. The van der Waals surface area contributed by atoms with Gasteiger partial charge in [0.25, 0.3) is 5.91 Å². The van der Waals surface area contributed by atoms with Crippen LogP contribution in [0.1, 0.15) is 48.0 Å². The molecule has 10 heteroatoms. The molecule has 2 aromatic rings. The number of carbonyl (C=O) groups is 2. The molecular formula is C27H32Cl4N4O2. The average Bonchev–Trinajstić information content (AvgIpc) is 3.03. The molecule has 6 nitrogen and oxygen atoms in total. The first-order valence-corrected chi connectivity index (χ1v) is 14.3. The van der Waals surface area contributed by atoms with Crippen molar-refractivity contribution >= 4 is 58.2 Å². The molecule has 2 N–H and O–H groups in total. The zero-order valence-electron chi connectivity index (χ0n) is 20.6. The summed E-state index contributed by atoms with van der Waals surface area (Å²) in [6.45, 7) is 4.38. The van der Waals surface area contributed by atoms with Crippen LogP contribution in [0.4, 0.5) is 0 Å². The summed E-state index contributed by atoms with van der Waals surface area (Å²) < 4.78 is 0. The lowest BCUT2D eigenvalue weighted by Gasteiger charge is -2.30. The molecule has 37 heavy (non-hydrogen) atoms. The van der Waals surface area contributed by atoms with Crippen LogP contribution in [0.15, 0.2) is 36.4 Å². The lowest BCUT2D eigenvalue weighted by Crippen LogP contribution is -2.50. The van der Waals surface area contributed by atoms with Gasteiger partial charge in [-0.1, -0.05) is 58.9 Å². The number of benzene rings is 2. The van der Waals surface area contributed by atoms with Gasteiger partial charge < -0.3 is 20.4 Å². The zero-order valence-corrected chi connectivity index (χ0v) is 23.6. The Kier molecular flexibility index (Phi) is 10.4. The third-order valence-corrected chi connectivity index (χ3v) is 8.37. The van der Waals surface area contributed by atoms with Crippen LogP contribution in [0.3, 0.4) is 0 Å². The Morgan fingerprint density at radius 2 is 1.73 bits per heavy atom. The SMILES string of the molecule is O=C(NC[C@@H]1CCN(Cc2ccc(Cl)cc2Cl)C(=O)[C@H](CCN2CCCCC2)N1)c1ccc(Cl)c(Cl)c1. The van der Waals surface area contributed by atoms with Crippen molar-refractivity contribution < 1.29 is 9.59 Å². The Morgan fingerprint density at radius 1 is 0.946 bits per heavy atom. The Morgan fingerprint density at radius 3 is 2.46 bits per heavy atom. The fraction of sp³-hybridized carbons (Fsp3) is 0.481. The van der Waals surface area contributed by atoms with Crippen molar-refractivity contribution in [1.29, 1.82) is 0 Å². The number of amides is 2. The highest BCUT2D eigenvalue weighted by Crippen LogP contribution is 2.25. The smallest absolute Gasteiger partial charge is 0.251 e. The van der Waals surface area contributed by atoms with E-state index >= 15 is 0 Å². The van der Waals surface area contributed by atoms with E-state index in [1.54, 1.807) is 30.3 Å². The molecule has 2 aliphatic rings. The van der Waals surface area contributed by atoms with Crippen molar-refractivity contribution in [3.05, 3.63) is 67.6 Å². The fourth-order valence-electron chi connectivity index (χ4n) is 4.91. The number of hydrogen-bond acceptors (Lipinski definition) is 4. The molecule has 0 radical (unpaired) electrons. The van der Waals surface area contributed by atoms with E-state index in [1.165, 1.54) is 19.3 Å². The largest absolute Gasteiger partial charge is 0.350 e. The first-order chi connectivity index (χ1) is 17.8. The molecule has 2 heterocycles. The second kappa shape index (κ2) is 13.5. The molecule has 0 spiro atoms. The first kappa shape index (κ1) is 28.5. The Bertz CT molecular complexity index is 1110. The molecule has 200 valence electrons. The van der Waals surface area contributed by atoms with E-state index in [1.807, 2.05) is 11.0 Å². The highest BCUT2D eigenvalue weighted by atomic mass is 35.5. The van der Waals surface area contributed by atoms with Crippen molar-refractivity contribution in [2.75, 3.05) is 32.7 Å². The van der Waals surface area contributed by atoms with E-state index in [-0.39, 0.29) is 23.9 Å². The van der Waals surface area contributed by atoms with Crippen LogP contribution in [0.25, 0.3) is 0 Å². The topological polar surface area (TPSA) is 64.7 Å². The van der Waals surface area contributed by atoms with Gasteiger partial charge in [-0.15, -0.1) is 0 Å².